The Labute approximate surface area is 131 Å². The van der Waals surface area contributed by atoms with Crippen LogP contribution in [0.5, 0.6) is 0 Å². The van der Waals surface area contributed by atoms with Crippen LogP contribution in [0.1, 0.15) is 29.5 Å². The number of carbonyl (C=O) groups is 1. The summed E-state index contributed by atoms with van der Waals surface area (Å²) >= 11 is 0. The van der Waals surface area contributed by atoms with Gasteiger partial charge in [0.1, 0.15) is 0 Å². The molecule has 0 spiro atoms. The number of likely N-dealkylation sites (tertiary alicyclic amines) is 1. The number of aliphatic hydroxyl groups excluding tert-OH is 1. The van der Waals surface area contributed by atoms with Crippen LogP contribution < -0.4 is 5.32 Å². The maximum absolute atomic E-state index is 12.8. The second kappa shape index (κ2) is 4.72. The summed E-state index contributed by atoms with van der Waals surface area (Å²) in [5.41, 5.74) is 4.32. The maximum Gasteiger partial charge on any atom is 0.322 e. The molecule has 4 rings (SSSR count). The molecule has 2 N–H and O–H groups in total. The number of urea groups is 1. The van der Waals surface area contributed by atoms with Gasteiger partial charge in [0.05, 0.1) is 12.1 Å². The average Bonchev–Trinajstić information content (AvgIpc) is 3.04. The first kappa shape index (κ1) is 14.1. The number of nitrogens with zero attached hydrogens (tertiary/aromatic N) is 1. The highest BCUT2D eigenvalue weighted by molar-refractivity contribution is 5.91. The van der Waals surface area contributed by atoms with Crippen LogP contribution in [-0.2, 0) is 0 Å². The number of benzene rings is 1. The van der Waals surface area contributed by atoms with Gasteiger partial charge < -0.3 is 15.3 Å². The van der Waals surface area contributed by atoms with E-state index in [9.17, 15) is 9.90 Å². The van der Waals surface area contributed by atoms with E-state index in [0.717, 1.165) is 36.2 Å². The molecular formula is C18H24N2O2. The zero-order valence-corrected chi connectivity index (χ0v) is 13.5. The summed E-state index contributed by atoms with van der Waals surface area (Å²) in [6, 6.07) is 4.18. The van der Waals surface area contributed by atoms with Crippen molar-refractivity contribution in [2.45, 2.75) is 45.8 Å². The van der Waals surface area contributed by atoms with Gasteiger partial charge in [-0.3, -0.25) is 0 Å². The monoisotopic (exact) mass is 300 g/mol. The van der Waals surface area contributed by atoms with Gasteiger partial charge in [-0.05, 0) is 62.5 Å². The van der Waals surface area contributed by atoms with Gasteiger partial charge in [0, 0.05) is 12.2 Å². The third kappa shape index (κ3) is 1.89. The maximum atomic E-state index is 12.8. The van der Waals surface area contributed by atoms with E-state index in [1.165, 1.54) is 5.56 Å². The summed E-state index contributed by atoms with van der Waals surface area (Å²) in [5.74, 6) is 1.54. The van der Waals surface area contributed by atoms with E-state index in [1.807, 2.05) is 18.7 Å². The SMILES string of the molecule is Cc1cc(C)c(NC(=O)N2CC3CC4CC3C2C4O)c(C)c1. The highest BCUT2D eigenvalue weighted by atomic mass is 16.3. The highest BCUT2D eigenvalue weighted by Crippen LogP contribution is 2.54. The number of nitrogens with one attached hydrogen (secondary N) is 1. The number of aryl methyl sites for hydroxylation is 3. The molecule has 1 aromatic carbocycles. The van der Waals surface area contributed by atoms with E-state index < -0.39 is 0 Å². The van der Waals surface area contributed by atoms with Crippen LogP contribution in [0.4, 0.5) is 10.5 Å². The summed E-state index contributed by atoms with van der Waals surface area (Å²) in [6.45, 7) is 6.94. The number of aliphatic hydroxyl groups is 1. The predicted octanol–water partition coefficient (Wildman–Crippen LogP) is 2.84. The van der Waals surface area contributed by atoms with Gasteiger partial charge in [-0.2, -0.15) is 0 Å². The summed E-state index contributed by atoms with van der Waals surface area (Å²) in [5, 5.41) is 13.5. The number of hydrogen-bond acceptors (Lipinski definition) is 2. The standard InChI is InChI=1S/C18H24N2O2/c1-9-4-10(2)15(11(3)5-9)19-18(22)20-8-13-6-12-7-14(13)16(20)17(12)21/h4-5,12-14,16-17,21H,6-8H2,1-3H3,(H,19,22). The summed E-state index contributed by atoms with van der Waals surface area (Å²) in [7, 11) is 0. The van der Waals surface area contributed by atoms with Crippen molar-refractivity contribution in [2.75, 3.05) is 11.9 Å². The van der Waals surface area contributed by atoms with Crippen LogP contribution in [0.15, 0.2) is 12.1 Å². The smallest absolute Gasteiger partial charge is 0.322 e. The van der Waals surface area contributed by atoms with E-state index in [1.54, 1.807) is 0 Å². The van der Waals surface area contributed by atoms with Crippen molar-refractivity contribution in [2.24, 2.45) is 17.8 Å². The molecule has 1 heterocycles. The number of carbonyl (C=O) groups excluding carboxylic acids is 1. The lowest BCUT2D eigenvalue weighted by atomic mass is 9.88. The van der Waals surface area contributed by atoms with Gasteiger partial charge in [-0.1, -0.05) is 17.7 Å². The molecule has 118 valence electrons. The molecule has 0 radical (unpaired) electrons. The van der Waals surface area contributed by atoms with Gasteiger partial charge in [0.15, 0.2) is 0 Å². The Kier molecular flexibility index (Phi) is 3.02. The predicted molar refractivity (Wildman–Crippen MR) is 85.9 cm³/mol. The molecule has 5 unspecified atom stereocenters. The van der Waals surface area contributed by atoms with E-state index in [2.05, 4.69) is 24.4 Å². The third-order valence-electron chi connectivity index (χ3n) is 6.02. The first-order valence-corrected chi connectivity index (χ1v) is 8.29. The van der Waals surface area contributed by atoms with Gasteiger partial charge >= 0.3 is 6.03 Å². The van der Waals surface area contributed by atoms with E-state index in [-0.39, 0.29) is 18.2 Å². The minimum atomic E-state index is -0.324. The first-order chi connectivity index (χ1) is 10.5. The molecule has 1 aromatic rings. The minimum Gasteiger partial charge on any atom is -0.391 e. The molecule has 4 nitrogen and oxygen atoms in total. The fourth-order valence-electron chi connectivity index (χ4n) is 5.21. The summed E-state index contributed by atoms with van der Waals surface area (Å²) in [4.78, 5) is 14.7. The Morgan fingerprint density at radius 3 is 2.50 bits per heavy atom. The Morgan fingerprint density at radius 2 is 1.86 bits per heavy atom. The summed E-state index contributed by atoms with van der Waals surface area (Å²) < 4.78 is 0. The first-order valence-electron chi connectivity index (χ1n) is 8.29. The molecule has 3 fully saturated rings. The molecule has 22 heavy (non-hydrogen) atoms. The lowest BCUT2D eigenvalue weighted by Gasteiger charge is -2.29. The van der Waals surface area contributed by atoms with Crippen LogP contribution in [0.3, 0.4) is 0 Å². The molecule has 4 heteroatoms. The topological polar surface area (TPSA) is 52.6 Å². The van der Waals surface area contributed by atoms with E-state index in [0.29, 0.717) is 17.8 Å². The largest absolute Gasteiger partial charge is 0.391 e. The molecule has 3 aliphatic rings. The van der Waals surface area contributed by atoms with Gasteiger partial charge in [0.2, 0.25) is 0 Å². The van der Waals surface area contributed by atoms with Gasteiger partial charge in [-0.15, -0.1) is 0 Å². The Hall–Kier alpha value is -1.55. The normalized spacial score (nSPS) is 35.3. The van der Waals surface area contributed by atoms with Gasteiger partial charge in [-0.25, -0.2) is 4.79 Å². The van der Waals surface area contributed by atoms with Crippen molar-refractivity contribution < 1.29 is 9.90 Å². The molecule has 2 aliphatic carbocycles. The van der Waals surface area contributed by atoms with Crippen molar-refractivity contribution in [3.63, 3.8) is 0 Å². The highest BCUT2D eigenvalue weighted by Gasteiger charge is 2.60. The number of amides is 2. The number of anilines is 1. The molecule has 2 amide bonds. The lowest BCUT2D eigenvalue weighted by Crippen LogP contribution is -2.45. The van der Waals surface area contributed by atoms with Crippen LogP contribution >= 0.6 is 0 Å². The summed E-state index contributed by atoms with van der Waals surface area (Å²) in [6.07, 6.45) is 1.87. The Balaban J connectivity index is 1.57. The van der Waals surface area contributed by atoms with E-state index >= 15 is 0 Å². The Morgan fingerprint density at radius 1 is 1.18 bits per heavy atom. The zero-order chi connectivity index (χ0) is 15.6. The third-order valence-corrected chi connectivity index (χ3v) is 6.02. The molecular weight excluding hydrogens is 276 g/mol. The average molecular weight is 300 g/mol. The van der Waals surface area contributed by atoms with Crippen molar-refractivity contribution in [3.05, 3.63) is 28.8 Å². The second-order valence-electron chi connectivity index (χ2n) is 7.49. The number of rotatable bonds is 1. The van der Waals surface area contributed by atoms with E-state index in [4.69, 9.17) is 0 Å². The van der Waals surface area contributed by atoms with Gasteiger partial charge in [0.25, 0.3) is 0 Å². The number of fused-ring (bicyclic) bond motifs is 1. The van der Waals surface area contributed by atoms with Crippen molar-refractivity contribution >= 4 is 11.7 Å². The zero-order valence-electron chi connectivity index (χ0n) is 13.5. The molecule has 5 atom stereocenters. The fraction of sp³-hybridized carbons (Fsp3) is 0.611. The molecule has 2 saturated carbocycles. The van der Waals surface area contributed by atoms with Crippen molar-refractivity contribution in [1.82, 2.24) is 4.90 Å². The lowest BCUT2D eigenvalue weighted by molar-refractivity contribution is 0.0631. The second-order valence-corrected chi connectivity index (χ2v) is 7.49. The van der Waals surface area contributed by atoms with Crippen LogP contribution in [-0.4, -0.2) is 34.7 Å². The molecule has 2 bridgehead atoms. The van der Waals surface area contributed by atoms with Crippen LogP contribution in [0.2, 0.25) is 0 Å². The fourth-order valence-corrected chi connectivity index (χ4v) is 5.21. The molecule has 1 aliphatic heterocycles. The van der Waals surface area contributed by atoms with Crippen molar-refractivity contribution in [1.29, 1.82) is 0 Å². The van der Waals surface area contributed by atoms with Crippen LogP contribution in [0.25, 0.3) is 0 Å². The Bertz CT molecular complexity index is 617. The quantitative estimate of drug-likeness (QED) is 0.838. The minimum absolute atomic E-state index is 0.0369. The number of hydrogen-bond donors (Lipinski definition) is 2. The molecule has 1 saturated heterocycles. The van der Waals surface area contributed by atoms with Crippen LogP contribution in [0, 0.1) is 38.5 Å². The van der Waals surface area contributed by atoms with Crippen molar-refractivity contribution in [3.8, 4) is 0 Å². The molecule has 0 aromatic heterocycles.